The second-order valence-electron chi connectivity index (χ2n) is 17.0. The molecule has 0 heterocycles. The zero-order chi connectivity index (χ0) is 44.2. The van der Waals surface area contributed by atoms with Crippen LogP contribution < -0.4 is 5.11 Å². The van der Waals surface area contributed by atoms with Crippen molar-refractivity contribution >= 4 is 17.9 Å². The van der Waals surface area contributed by atoms with E-state index in [-0.39, 0.29) is 43.1 Å². The summed E-state index contributed by atoms with van der Waals surface area (Å²) in [7, 11) is 5.38. The third kappa shape index (κ3) is 40.2. The van der Waals surface area contributed by atoms with Gasteiger partial charge in [0.2, 0.25) is 0 Å². The average Bonchev–Trinajstić information content (AvgIpc) is 3.21. The number of hydrogen-bond acceptors (Lipinski definition) is 7. The molecule has 0 saturated heterocycles. The number of rotatable bonds is 42. The van der Waals surface area contributed by atoms with Crippen LogP contribution in [-0.4, -0.2) is 75.5 Å². The number of likely N-dealkylation sites (N-methyl/N-ethyl adjacent to an activating group) is 1. The Hall–Kier alpha value is -3.23. The van der Waals surface area contributed by atoms with E-state index in [1.807, 2.05) is 12.2 Å². The van der Waals surface area contributed by atoms with Crippen LogP contribution in [0.5, 0.6) is 0 Å². The highest BCUT2D eigenvalue weighted by molar-refractivity contribution is 5.70. The van der Waals surface area contributed by atoms with Gasteiger partial charge in [-0.25, -0.2) is 0 Å². The maximum absolute atomic E-state index is 12.7. The summed E-state index contributed by atoms with van der Waals surface area (Å²) in [5.74, 6) is -1.85. The highest BCUT2D eigenvalue weighted by Gasteiger charge is 2.25. The molecule has 344 valence electrons. The average molecular weight is 840 g/mol. The lowest BCUT2D eigenvalue weighted by Gasteiger charge is -2.34. The smallest absolute Gasteiger partial charge is 0.306 e. The molecule has 0 bridgehead atoms. The van der Waals surface area contributed by atoms with Crippen LogP contribution in [0, 0.1) is 0 Å². The van der Waals surface area contributed by atoms with Crippen molar-refractivity contribution in [1.29, 1.82) is 0 Å². The summed E-state index contributed by atoms with van der Waals surface area (Å²) in [6.45, 7) is 4.46. The quantitative estimate of drug-likeness (QED) is 0.0261. The molecule has 0 aromatic rings. The van der Waals surface area contributed by atoms with Crippen molar-refractivity contribution in [3.05, 3.63) is 72.9 Å². The molecule has 0 aliphatic heterocycles. The second-order valence-corrected chi connectivity index (χ2v) is 17.0. The Labute approximate surface area is 368 Å². The van der Waals surface area contributed by atoms with Crippen molar-refractivity contribution < 1.29 is 38.2 Å². The van der Waals surface area contributed by atoms with Gasteiger partial charge in [0.25, 0.3) is 0 Å². The van der Waals surface area contributed by atoms with E-state index >= 15 is 0 Å². The number of unbranched alkanes of at least 4 members (excludes halogenated alkanes) is 16. The number of allylic oxidation sites excluding steroid dienone is 12. The SMILES string of the molecule is CC/C=C/C/C=C/C/C=C/C/C=C/C/C=C/CCC(=O)OC(COCCC(C(=O)[O-])[N+](C)(C)C)COC(=O)CCCCCCCCC/C=C/CCCCCCCCCCC. The van der Waals surface area contributed by atoms with E-state index in [1.165, 1.54) is 96.3 Å². The maximum atomic E-state index is 12.7. The molecule has 0 rings (SSSR count). The molecule has 0 saturated carbocycles. The van der Waals surface area contributed by atoms with E-state index in [1.54, 1.807) is 21.1 Å². The minimum Gasteiger partial charge on any atom is -0.544 e. The van der Waals surface area contributed by atoms with E-state index in [4.69, 9.17) is 14.2 Å². The van der Waals surface area contributed by atoms with Crippen LogP contribution in [0.2, 0.25) is 0 Å². The number of carboxylic acid groups (broad SMARTS) is 1. The van der Waals surface area contributed by atoms with Gasteiger partial charge in [-0.05, 0) is 70.6 Å². The van der Waals surface area contributed by atoms with E-state index in [0.717, 1.165) is 51.4 Å². The van der Waals surface area contributed by atoms with E-state index < -0.39 is 24.1 Å². The molecule has 0 spiro atoms. The Morgan fingerprint density at radius 2 is 0.967 bits per heavy atom. The Bertz CT molecular complexity index is 1210. The summed E-state index contributed by atoms with van der Waals surface area (Å²) in [6.07, 6.45) is 53.8. The lowest BCUT2D eigenvalue weighted by atomic mass is 10.1. The molecule has 0 fully saturated rings. The van der Waals surface area contributed by atoms with Crippen LogP contribution in [0.3, 0.4) is 0 Å². The van der Waals surface area contributed by atoms with Gasteiger partial charge < -0.3 is 28.6 Å². The molecule has 0 aromatic heterocycles. The molecule has 0 N–H and O–H groups in total. The monoisotopic (exact) mass is 840 g/mol. The molecule has 0 amide bonds. The van der Waals surface area contributed by atoms with Crippen LogP contribution >= 0.6 is 0 Å². The standard InChI is InChI=1S/C52H89NO7/c1-6-8-10-12-14-16-18-20-22-24-25-26-27-29-30-32-34-36-38-40-42-50(54)59-47-48(46-58-45-44-49(52(56)57)53(3,4)5)60-51(55)43-41-39-37-35-33-31-28-23-21-19-17-15-13-11-9-7-2/h9,11,15,17,21,23,25-26,31,33,37,39,48-49H,6-8,10,12-14,16,18-20,22,24,27-30,32,34-36,38,40-47H2,1-5H3/b11-9+,17-15+,23-21+,26-25+,33-31+,39-37+. The summed E-state index contributed by atoms with van der Waals surface area (Å²) in [4.78, 5) is 36.9. The minimum absolute atomic E-state index is 0.00665. The summed E-state index contributed by atoms with van der Waals surface area (Å²) in [5, 5.41) is 11.6. The van der Waals surface area contributed by atoms with Crippen molar-refractivity contribution in [1.82, 2.24) is 0 Å². The number of carbonyl (C=O) groups excluding carboxylic acids is 3. The molecule has 2 unspecified atom stereocenters. The predicted molar refractivity (Wildman–Crippen MR) is 249 cm³/mol. The lowest BCUT2D eigenvalue weighted by molar-refractivity contribution is -0.889. The van der Waals surface area contributed by atoms with Crippen molar-refractivity contribution in [2.45, 2.75) is 199 Å². The molecule has 60 heavy (non-hydrogen) atoms. The Morgan fingerprint density at radius 3 is 1.45 bits per heavy atom. The van der Waals surface area contributed by atoms with Gasteiger partial charge in [0.05, 0.1) is 40.3 Å². The molecule has 0 aliphatic carbocycles. The van der Waals surface area contributed by atoms with Crippen LogP contribution in [0.15, 0.2) is 72.9 Å². The number of hydrogen-bond donors (Lipinski definition) is 0. The summed E-state index contributed by atoms with van der Waals surface area (Å²) >= 11 is 0. The number of aliphatic carboxylic acids is 1. The fraction of sp³-hybridized carbons (Fsp3) is 0.712. The largest absolute Gasteiger partial charge is 0.544 e. The summed E-state index contributed by atoms with van der Waals surface area (Å²) in [5.41, 5.74) is 0. The fourth-order valence-corrected chi connectivity index (χ4v) is 6.64. The first kappa shape index (κ1) is 56.8. The third-order valence-corrected chi connectivity index (χ3v) is 10.3. The molecule has 0 aromatic carbocycles. The number of ether oxygens (including phenoxy) is 3. The first-order valence-electron chi connectivity index (χ1n) is 24.0. The number of nitrogens with zero attached hydrogens (tertiary/aromatic N) is 1. The normalized spacial score (nSPS) is 13.6. The van der Waals surface area contributed by atoms with Crippen LogP contribution in [0.25, 0.3) is 0 Å². The number of carbonyl (C=O) groups is 3. The van der Waals surface area contributed by atoms with Crippen LogP contribution in [0.1, 0.15) is 187 Å². The topological polar surface area (TPSA) is 102 Å². The molecule has 0 aliphatic rings. The van der Waals surface area contributed by atoms with Crippen molar-refractivity contribution in [2.24, 2.45) is 0 Å². The third-order valence-electron chi connectivity index (χ3n) is 10.3. The summed E-state index contributed by atoms with van der Waals surface area (Å²) < 4.78 is 17.1. The Kier molecular flexibility index (Phi) is 40.2. The van der Waals surface area contributed by atoms with Gasteiger partial charge in [0, 0.05) is 19.3 Å². The predicted octanol–water partition coefficient (Wildman–Crippen LogP) is 12.2. The Morgan fingerprint density at radius 1 is 0.517 bits per heavy atom. The molecule has 8 heteroatoms. The molecular formula is C52H89NO7. The zero-order valence-electron chi connectivity index (χ0n) is 39.1. The van der Waals surface area contributed by atoms with Gasteiger partial charge >= 0.3 is 11.9 Å². The number of esters is 2. The maximum Gasteiger partial charge on any atom is 0.306 e. The van der Waals surface area contributed by atoms with Gasteiger partial charge in [-0.1, -0.05) is 170 Å². The van der Waals surface area contributed by atoms with Gasteiger partial charge in [-0.15, -0.1) is 0 Å². The highest BCUT2D eigenvalue weighted by atomic mass is 16.6. The highest BCUT2D eigenvalue weighted by Crippen LogP contribution is 2.14. The number of quaternary nitrogens is 1. The van der Waals surface area contributed by atoms with Crippen LogP contribution in [-0.2, 0) is 28.6 Å². The lowest BCUT2D eigenvalue weighted by Crippen LogP contribution is -2.55. The number of carboxylic acids is 1. The van der Waals surface area contributed by atoms with Crippen molar-refractivity contribution in [3.8, 4) is 0 Å². The first-order valence-corrected chi connectivity index (χ1v) is 24.0. The van der Waals surface area contributed by atoms with Crippen molar-refractivity contribution in [2.75, 3.05) is 41.0 Å². The Balaban J connectivity index is 4.38. The van der Waals surface area contributed by atoms with E-state index in [9.17, 15) is 19.5 Å². The molecule has 8 nitrogen and oxygen atoms in total. The molecular weight excluding hydrogens is 751 g/mol. The van der Waals surface area contributed by atoms with Gasteiger partial charge in [0.15, 0.2) is 6.10 Å². The van der Waals surface area contributed by atoms with E-state index in [0.29, 0.717) is 12.8 Å². The summed E-state index contributed by atoms with van der Waals surface area (Å²) in [6, 6.07) is -0.742. The first-order chi connectivity index (χ1) is 29.1. The van der Waals surface area contributed by atoms with E-state index in [2.05, 4.69) is 74.6 Å². The zero-order valence-corrected chi connectivity index (χ0v) is 39.1. The molecule has 2 atom stereocenters. The second kappa shape index (κ2) is 42.5. The molecule has 0 radical (unpaired) electrons. The van der Waals surface area contributed by atoms with Crippen molar-refractivity contribution in [3.63, 3.8) is 0 Å². The van der Waals surface area contributed by atoms with Gasteiger partial charge in [-0.2, -0.15) is 0 Å². The van der Waals surface area contributed by atoms with Crippen LogP contribution in [0.4, 0.5) is 0 Å². The van der Waals surface area contributed by atoms with Gasteiger partial charge in [-0.3, -0.25) is 9.59 Å². The van der Waals surface area contributed by atoms with Gasteiger partial charge in [0.1, 0.15) is 12.6 Å². The fourth-order valence-electron chi connectivity index (χ4n) is 6.64. The minimum atomic E-state index is -1.14.